The molecule has 1 aromatic carbocycles. The van der Waals surface area contributed by atoms with E-state index in [4.69, 9.17) is 9.72 Å². The average molecular weight is 383 g/mol. The normalized spacial score (nSPS) is 18.6. The summed E-state index contributed by atoms with van der Waals surface area (Å²) in [6.07, 6.45) is 4.17. The Morgan fingerprint density at radius 1 is 1.04 bits per heavy atom. The van der Waals surface area contributed by atoms with E-state index < -0.39 is 6.10 Å². The molecule has 0 radical (unpaired) electrons. The number of hydrogen-bond acceptors (Lipinski definition) is 6. The summed E-state index contributed by atoms with van der Waals surface area (Å²) in [4.78, 5) is 14.2. The van der Waals surface area contributed by atoms with Gasteiger partial charge in [-0.05, 0) is 44.7 Å². The number of hydrogen-bond donors (Lipinski definition) is 1. The van der Waals surface area contributed by atoms with Gasteiger partial charge in [0.15, 0.2) is 0 Å². The molecule has 0 saturated carbocycles. The van der Waals surface area contributed by atoms with E-state index in [-0.39, 0.29) is 0 Å². The summed E-state index contributed by atoms with van der Waals surface area (Å²) < 4.78 is 5.67. The molecule has 0 bridgehead atoms. The molecule has 6 nitrogen and oxygen atoms in total. The predicted molar refractivity (Wildman–Crippen MR) is 110 cm³/mol. The number of aliphatic hydroxyl groups excluding tert-OH is 1. The molecule has 1 aliphatic carbocycles. The van der Waals surface area contributed by atoms with Gasteiger partial charge in [0, 0.05) is 44.0 Å². The Kier molecular flexibility index (Phi) is 6.07. The van der Waals surface area contributed by atoms with E-state index in [9.17, 15) is 5.11 Å². The smallest absolute Gasteiger partial charge is 0.135 e. The van der Waals surface area contributed by atoms with Crippen molar-refractivity contribution in [2.75, 3.05) is 44.2 Å². The van der Waals surface area contributed by atoms with E-state index in [1.54, 1.807) is 0 Å². The number of benzene rings is 1. The highest BCUT2D eigenvalue weighted by Crippen LogP contribution is 2.28. The van der Waals surface area contributed by atoms with Gasteiger partial charge in [-0.1, -0.05) is 18.2 Å². The topological polar surface area (TPSA) is 61.7 Å². The van der Waals surface area contributed by atoms with Gasteiger partial charge >= 0.3 is 0 Å². The second kappa shape index (κ2) is 8.88. The lowest BCUT2D eigenvalue weighted by Crippen LogP contribution is -2.49. The molecule has 0 spiro atoms. The minimum atomic E-state index is -0.485. The molecule has 1 aromatic heterocycles. The van der Waals surface area contributed by atoms with Crippen LogP contribution in [0, 0.1) is 6.92 Å². The molecule has 28 heavy (non-hydrogen) atoms. The Morgan fingerprint density at radius 3 is 2.57 bits per heavy atom. The van der Waals surface area contributed by atoms with Crippen molar-refractivity contribution < 1.29 is 9.84 Å². The number of aryl methyl sites for hydroxylation is 2. The Morgan fingerprint density at radius 2 is 1.79 bits per heavy atom. The summed E-state index contributed by atoms with van der Waals surface area (Å²) in [5, 5.41) is 10.3. The zero-order valence-electron chi connectivity index (χ0n) is 16.7. The van der Waals surface area contributed by atoms with Crippen LogP contribution in [0.25, 0.3) is 0 Å². The molecule has 1 fully saturated rings. The highest BCUT2D eigenvalue weighted by atomic mass is 16.5. The van der Waals surface area contributed by atoms with Crippen LogP contribution in [0.3, 0.4) is 0 Å². The number of ether oxygens (including phenoxy) is 1. The molecule has 0 amide bonds. The number of β-amino-alcohol motifs (C(OH)–C–C–N with tert-alkyl or cyclic N) is 1. The largest absolute Gasteiger partial charge is 0.491 e. The summed E-state index contributed by atoms with van der Waals surface area (Å²) in [5.41, 5.74) is 2.62. The zero-order chi connectivity index (χ0) is 19.3. The first-order valence-corrected chi connectivity index (χ1v) is 10.4. The van der Waals surface area contributed by atoms with Crippen molar-refractivity contribution in [3.8, 4) is 5.75 Å². The maximum atomic E-state index is 10.3. The number of anilines is 1. The molecule has 1 aliphatic heterocycles. The van der Waals surface area contributed by atoms with Crippen molar-refractivity contribution in [2.45, 2.75) is 38.7 Å². The molecule has 1 atom stereocenters. The van der Waals surface area contributed by atoms with Crippen LogP contribution >= 0.6 is 0 Å². The van der Waals surface area contributed by atoms with E-state index >= 15 is 0 Å². The molecule has 1 N–H and O–H groups in total. The zero-order valence-corrected chi connectivity index (χ0v) is 16.7. The molecule has 4 rings (SSSR count). The number of para-hydroxylation sites is 1. The van der Waals surface area contributed by atoms with Crippen molar-refractivity contribution in [2.24, 2.45) is 0 Å². The van der Waals surface area contributed by atoms with Crippen LogP contribution in [0.15, 0.2) is 30.3 Å². The van der Waals surface area contributed by atoms with Gasteiger partial charge in [0.2, 0.25) is 0 Å². The van der Waals surface area contributed by atoms with E-state index in [1.165, 1.54) is 24.1 Å². The number of piperazine rings is 1. The van der Waals surface area contributed by atoms with Crippen molar-refractivity contribution >= 4 is 5.82 Å². The molecule has 2 aromatic rings. The fourth-order valence-corrected chi connectivity index (χ4v) is 4.16. The van der Waals surface area contributed by atoms with Gasteiger partial charge in [0.05, 0.1) is 0 Å². The minimum absolute atomic E-state index is 0.322. The third-order valence-electron chi connectivity index (χ3n) is 5.60. The van der Waals surface area contributed by atoms with Crippen molar-refractivity contribution in [1.82, 2.24) is 14.9 Å². The summed E-state index contributed by atoms with van der Waals surface area (Å²) in [6.45, 7) is 6.70. The van der Waals surface area contributed by atoms with Crippen molar-refractivity contribution in [3.05, 3.63) is 47.4 Å². The molecule has 1 saturated heterocycles. The number of fused-ring (bicyclic) bond motifs is 1. The van der Waals surface area contributed by atoms with Gasteiger partial charge in [0.25, 0.3) is 0 Å². The Bertz CT molecular complexity index is 776. The SMILES string of the molecule is Cc1nc2c(c(N3CCN(CC(O)COc4ccccc4)CC3)n1)CCCC2. The minimum Gasteiger partial charge on any atom is -0.491 e. The number of rotatable bonds is 6. The highest BCUT2D eigenvalue weighted by molar-refractivity contribution is 5.50. The first kappa shape index (κ1) is 19.2. The van der Waals surface area contributed by atoms with Crippen LogP contribution in [0.4, 0.5) is 5.82 Å². The summed E-state index contributed by atoms with van der Waals surface area (Å²) >= 11 is 0. The van der Waals surface area contributed by atoms with E-state index in [0.29, 0.717) is 13.2 Å². The van der Waals surface area contributed by atoms with Crippen LogP contribution in [-0.2, 0) is 12.8 Å². The van der Waals surface area contributed by atoms with Crippen LogP contribution in [0.1, 0.15) is 29.9 Å². The molecule has 2 heterocycles. The monoisotopic (exact) mass is 382 g/mol. The quantitative estimate of drug-likeness (QED) is 0.827. The maximum Gasteiger partial charge on any atom is 0.135 e. The van der Waals surface area contributed by atoms with Crippen LogP contribution in [0.5, 0.6) is 5.75 Å². The molecule has 2 aliphatic rings. The first-order chi connectivity index (χ1) is 13.7. The molecular formula is C22H30N4O2. The second-order valence-corrected chi connectivity index (χ2v) is 7.79. The third-order valence-corrected chi connectivity index (χ3v) is 5.60. The van der Waals surface area contributed by atoms with Gasteiger partial charge in [-0.2, -0.15) is 0 Å². The van der Waals surface area contributed by atoms with Gasteiger partial charge in [-0.25, -0.2) is 9.97 Å². The van der Waals surface area contributed by atoms with Gasteiger partial charge in [-0.15, -0.1) is 0 Å². The van der Waals surface area contributed by atoms with Crippen LogP contribution < -0.4 is 9.64 Å². The van der Waals surface area contributed by atoms with E-state index in [2.05, 4.69) is 14.8 Å². The van der Waals surface area contributed by atoms with Crippen LogP contribution in [0.2, 0.25) is 0 Å². The third kappa shape index (κ3) is 4.62. The lowest BCUT2D eigenvalue weighted by molar-refractivity contribution is 0.0662. The predicted octanol–water partition coefficient (Wildman–Crippen LogP) is 2.23. The molecular weight excluding hydrogens is 352 g/mol. The highest BCUT2D eigenvalue weighted by Gasteiger charge is 2.25. The number of nitrogens with zero attached hydrogens (tertiary/aromatic N) is 4. The van der Waals surface area contributed by atoms with Crippen LogP contribution in [-0.4, -0.2) is 65.4 Å². The lowest BCUT2D eigenvalue weighted by Gasteiger charge is -2.37. The van der Waals surface area contributed by atoms with E-state index in [1.807, 2.05) is 37.3 Å². The summed E-state index contributed by atoms with van der Waals surface area (Å²) in [7, 11) is 0. The summed E-state index contributed by atoms with van der Waals surface area (Å²) in [6, 6.07) is 9.66. The average Bonchev–Trinajstić information content (AvgIpc) is 2.73. The maximum absolute atomic E-state index is 10.3. The number of aromatic nitrogens is 2. The Labute approximate surface area is 167 Å². The molecule has 150 valence electrons. The van der Waals surface area contributed by atoms with Crippen molar-refractivity contribution in [1.29, 1.82) is 0 Å². The number of aliphatic hydroxyl groups is 1. The van der Waals surface area contributed by atoms with Crippen molar-refractivity contribution in [3.63, 3.8) is 0 Å². The fraction of sp³-hybridized carbons (Fsp3) is 0.545. The Hall–Kier alpha value is -2.18. The van der Waals surface area contributed by atoms with Gasteiger partial charge in [-0.3, -0.25) is 4.90 Å². The van der Waals surface area contributed by atoms with Gasteiger partial charge < -0.3 is 14.7 Å². The first-order valence-electron chi connectivity index (χ1n) is 10.4. The lowest BCUT2D eigenvalue weighted by atomic mass is 9.96. The standard InChI is InChI=1S/C22H30N4O2/c1-17-23-21-10-6-5-9-20(21)22(24-17)26-13-11-25(12-14-26)15-18(27)16-28-19-7-3-2-4-8-19/h2-4,7-8,18,27H,5-6,9-16H2,1H3. The fourth-order valence-electron chi connectivity index (χ4n) is 4.16. The second-order valence-electron chi connectivity index (χ2n) is 7.79. The molecule has 6 heteroatoms. The Balaban J connectivity index is 1.30. The summed E-state index contributed by atoms with van der Waals surface area (Å²) in [5.74, 6) is 2.83. The van der Waals surface area contributed by atoms with E-state index in [0.717, 1.165) is 56.4 Å². The van der Waals surface area contributed by atoms with Gasteiger partial charge in [0.1, 0.15) is 30.1 Å². The molecule has 1 unspecified atom stereocenters.